The number of benzene rings is 1. The first kappa shape index (κ1) is 22.5. The smallest absolute Gasteiger partial charge is 0.243 e. The summed E-state index contributed by atoms with van der Waals surface area (Å²) in [5.74, 6) is 1.59. The van der Waals surface area contributed by atoms with Crippen LogP contribution >= 0.6 is 11.8 Å². The summed E-state index contributed by atoms with van der Waals surface area (Å²) in [7, 11) is 0. The van der Waals surface area contributed by atoms with Gasteiger partial charge in [-0.2, -0.15) is 0 Å². The van der Waals surface area contributed by atoms with Crippen LogP contribution in [0.4, 0.5) is 5.82 Å². The maximum atomic E-state index is 13.3. The average Bonchev–Trinajstić information content (AvgIpc) is 3.48. The highest BCUT2D eigenvalue weighted by molar-refractivity contribution is 7.99. The molecule has 1 N–H and O–H groups in total. The van der Waals surface area contributed by atoms with Crippen molar-refractivity contribution in [2.45, 2.75) is 63.8 Å². The second kappa shape index (κ2) is 9.13. The van der Waals surface area contributed by atoms with Gasteiger partial charge in [0.15, 0.2) is 11.0 Å². The minimum absolute atomic E-state index is 0.0856. The van der Waals surface area contributed by atoms with E-state index in [4.69, 9.17) is 4.52 Å². The van der Waals surface area contributed by atoms with E-state index in [0.29, 0.717) is 22.5 Å². The van der Waals surface area contributed by atoms with E-state index in [1.807, 2.05) is 38.1 Å². The Morgan fingerprint density at radius 1 is 1.15 bits per heavy atom. The number of para-hydroxylation sites is 2. The van der Waals surface area contributed by atoms with Crippen LogP contribution < -0.4 is 5.32 Å². The molecule has 0 bridgehead atoms. The van der Waals surface area contributed by atoms with Gasteiger partial charge in [-0.1, -0.05) is 29.1 Å². The Kier molecular flexibility index (Phi) is 6.03. The fraction of sp³-hybridized carbons (Fsp3) is 0.435. The number of aryl methyl sites for hydroxylation is 1. The third kappa shape index (κ3) is 4.15. The summed E-state index contributed by atoms with van der Waals surface area (Å²) in [6, 6.07) is 9.96. The van der Waals surface area contributed by atoms with Gasteiger partial charge in [0.25, 0.3) is 0 Å². The summed E-state index contributed by atoms with van der Waals surface area (Å²) in [4.78, 5) is 27.7. The first-order chi connectivity index (χ1) is 16.4. The molecule has 1 aliphatic heterocycles. The Hall–Kier alpha value is -3.34. The van der Waals surface area contributed by atoms with E-state index >= 15 is 0 Å². The lowest BCUT2D eigenvalue weighted by molar-refractivity contribution is -0.137. The number of hydrogen-bond donors (Lipinski definition) is 1. The number of thioether (sulfide) groups is 1. The van der Waals surface area contributed by atoms with E-state index in [-0.39, 0.29) is 36.2 Å². The van der Waals surface area contributed by atoms with Gasteiger partial charge < -0.3 is 14.7 Å². The van der Waals surface area contributed by atoms with E-state index in [1.165, 1.54) is 11.8 Å². The zero-order chi connectivity index (χ0) is 23.8. The molecule has 10 nitrogen and oxygen atoms in total. The second-order valence-electron chi connectivity index (χ2n) is 8.78. The number of anilines is 1. The molecule has 0 spiro atoms. The second-order valence-corrected chi connectivity index (χ2v) is 9.72. The van der Waals surface area contributed by atoms with Crippen molar-refractivity contribution >= 4 is 46.2 Å². The molecule has 1 aromatic carbocycles. The third-order valence-electron chi connectivity index (χ3n) is 6.27. The average molecular weight is 482 g/mol. The number of nitrogens with one attached hydrogen (secondary N) is 1. The molecular weight excluding hydrogens is 454 g/mol. The molecule has 11 heteroatoms. The van der Waals surface area contributed by atoms with E-state index < -0.39 is 0 Å². The minimum atomic E-state index is -0.220. The normalized spacial score (nSPS) is 18.6. The van der Waals surface area contributed by atoms with Crippen molar-refractivity contribution in [1.29, 1.82) is 0 Å². The number of carbonyl (C=O) groups excluding carboxylic acids is 2. The molecule has 1 fully saturated rings. The fourth-order valence-corrected chi connectivity index (χ4v) is 5.49. The number of rotatable bonds is 6. The molecular formula is C23H27N7O3S. The molecule has 0 aliphatic carbocycles. The SMILES string of the molecule is Cc1cc(NC(=O)CSc2nnc3n(CC(=O)N4[C@H](C)CCC[C@H]4C)c4ccccc4n23)no1. The zero-order valence-electron chi connectivity index (χ0n) is 19.4. The van der Waals surface area contributed by atoms with Crippen LogP contribution in [0.25, 0.3) is 16.8 Å². The van der Waals surface area contributed by atoms with Crippen molar-refractivity contribution in [2.24, 2.45) is 0 Å². The van der Waals surface area contributed by atoms with Crippen LogP contribution in [0.3, 0.4) is 0 Å². The van der Waals surface area contributed by atoms with Crippen LogP contribution in [0.5, 0.6) is 0 Å². The Bertz CT molecular complexity index is 1350. The van der Waals surface area contributed by atoms with Crippen LogP contribution in [0.2, 0.25) is 0 Å². The Morgan fingerprint density at radius 2 is 1.88 bits per heavy atom. The van der Waals surface area contributed by atoms with Gasteiger partial charge in [-0.25, -0.2) is 0 Å². The maximum Gasteiger partial charge on any atom is 0.243 e. The molecule has 4 heterocycles. The maximum absolute atomic E-state index is 13.3. The van der Waals surface area contributed by atoms with Gasteiger partial charge in [0.2, 0.25) is 17.6 Å². The van der Waals surface area contributed by atoms with Gasteiger partial charge in [-0.3, -0.25) is 18.6 Å². The van der Waals surface area contributed by atoms with Crippen LogP contribution in [0, 0.1) is 6.92 Å². The zero-order valence-corrected chi connectivity index (χ0v) is 20.2. The molecule has 4 aromatic rings. The van der Waals surface area contributed by atoms with E-state index in [2.05, 4.69) is 34.5 Å². The number of amides is 2. The molecule has 3 aromatic heterocycles. The number of nitrogens with zero attached hydrogens (tertiary/aromatic N) is 6. The fourth-order valence-electron chi connectivity index (χ4n) is 4.75. The predicted molar refractivity (Wildman–Crippen MR) is 129 cm³/mol. The van der Waals surface area contributed by atoms with Crippen molar-refractivity contribution in [3.8, 4) is 0 Å². The van der Waals surface area contributed by atoms with Crippen LogP contribution in [-0.2, 0) is 16.1 Å². The molecule has 1 aliphatic rings. The minimum Gasteiger partial charge on any atom is -0.360 e. The summed E-state index contributed by atoms with van der Waals surface area (Å²) >= 11 is 1.28. The van der Waals surface area contributed by atoms with Gasteiger partial charge in [-0.05, 0) is 52.2 Å². The number of hydrogen-bond acceptors (Lipinski definition) is 7. The van der Waals surface area contributed by atoms with Gasteiger partial charge in [0.05, 0.1) is 16.8 Å². The summed E-state index contributed by atoms with van der Waals surface area (Å²) in [6.45, 7) is 6.19. The highest BCUT2D eigenvalue weighted by atomic mass is 32.2. The molecule has 5 rings (SSSR count). The van der Waals surface area contributed by atoms with Crippen LogP contribution in [-0.4, -0.2) is 58.9 Å². The summed E-state index contributed by atoms with van der Waals surface area (Å²) in [5.41, 5.74) is 1.80. The predicted octanol–water partition coefficient (Wildman–Crippen LogP) is 3.50. The van der Waals surface area contributed by atoms with E-state index in [1.54, 1.807) is 13.0 Å². The van der Waals surface area contributed by atoms with Crippen LogP contribution in [0.15, 0.2) is 40.0 Å². The first-order valence-corrected chi connectivity index (χ1v) is 12.4. The lowest BCUT2D eigenvalue weighted by Gasteiger charge is -2.39. The Morgan fingerprint density at radius 3 is 2.59 bits per heavy atom. The Labute approximate surface area is 200 Å². The monoisotopic (exact) mass is 481 g/mol. The summed E-state index contributed by atoms with van der Waals surface area (Å²) in [5, 5.41) is 15.8. The lowest BCUT2D eigenvalue weighted by Crippen LogP contribution is -2.48. The first-order valence-electron chi connectivity index (χ1n) is 11.4. The molecule has 1 saturated heterocycles. The van der Waals surface area contributed by atoms with Gasteiger partial charge in [0, 0.05) is 18.2 Å². The number of aromatic nitrogens is 5. The van der Waals surface area contributed by atoms with Crippen LogP contribution in [0.1, 0.15) is 38.9 Å². The molecule has 2 atom stereocenters. The molecule has 0 radical (unpaired) electrons. The Balaban J connectivity index is 1.40. The third-order valence-corrected chi connectivity index (χ3v) is 7.20. The molecule has 178 valence electrons. The number of piperidine rings is 1. The number of carbonyl (C=O) groups is 2. The highest BCUT2D eigenvalue weighted by Gasteiger charge is 2.30. The number of imidazole rings is 1. The van der Waals surface area contributed by atoms with Crippen molar-refractivity contribution in [2.75, 3.05) is 11.1 Å². The summed E-state index contributed by atoms with van der Waals surface area (Å²) in [6.07, 6.45) is 3.20. The van der Waals surface area contributed by atoms with Gasteiger partial charge in [-0.15, -0.1) is 10.2 Å². The molecule has 34 heavy (non-hydrogen) atoms. The van der Waals surface area contributed by atoms with Crippen molar-refractivity contribution < 1.29 is 14.1 Å². The standard InChI is InChI=1S/C23H27N7O3S/c1-14-7-6-8-15(2)29(14)21(32)12-28-17-9-4-5-10-18(17)30-22(28)25-26-23(30)34-13-20(31)24-19-11-16(3)33-27-19/h4-5,9-11,14-15H,6-8,12-13H2,1-3H3,(H,24,27,31)/t14-,15-/m1/s1. The molecule has 2 amide bonds. The highest BCUT2D eigenvalue weighted by Crippen LogP contribution is 2.28. The van der Waals surface area contributed by atoms with E-state index in [9.17, 15) is 9.59 Å². The quantitative estimate of drug-likeness (QED) is 0.420. The molecule has 0 unspecified atom stereocenters. The van der Waals surface area contributed by atoms with E-state index in [0.717, 1.165) is 30.3 Å². The van der Waals surface area contributed by atoms with Crippen molar-refractivity contribution in [1.82, 2.24) is 29.2 Å². The van der Waals surface area contributed by atoms with Gasteiger partial charge in [0.1, 0.15) is 12.3 Å². The van der Waals surface area contributed by atoms with Crippen molar-refractivity contribution in [3.63, 3.8) is 0 Å². The number of fused-ring (bicyclic) bond motifs is 3. The largest absolute Gasteiger partial charge is 0.360 e. The van der Waals surface area contributed by atoms with Gasteiger partial charge >= 0.3 is 0 Å². The molecule has 0 saturated carbocycles. The number of likely N-dealkylation sites (tertiary alicyclic amines) is 1. The topological polar surface area (TPSA) is 111 Å². The lowest BCUT2D eigenvalue weighted by atomic mass is 9.97. The van der Waals surface area contributed by atoms with Crippen molar-refractivity contribution in [3.05, 3.63) is 36.1 Å². The summed E-state index contributed by atoms with van der Waals surface area (Å²) < 4.78 is 8.81.